The number of aliphatic hydroxyl groups is 1. The summed E-state index contributed by atoms with van der Waals surface area (Å²) in [5, 5.41) is 12.1. The number of aliphatic hydroxyl groups excluding tert-OH is 1. The van der Waals surface area contributed by atoms with E-state index in [2.05, 4.69) is 5.32 Å². The molecule has 1 saturated heterocycles. The minimum atomic E-state index is -0.166. The zero-order valence-electron chi connectivity index (χ0n) is 15.2. The monoisotopic (exact) mass is 384 g/mol. The summed E-state index contributed by atoms with van der Waals surface area (Å²) < 4.78 is 0. The summed E-state index contributed by atoms with van der Waals surface area (Å²) in [5.74, 6) is 0.317. The Morgan fingerprint density at radius 2 is 1.78 bits per heavy atom. The largest absolute Gasteiger partial charge is 0.392 e. The van der Waals surface area contributed by atoms with Crippen LogP contribution in [-0.2, 0) is 17.9 Å². The van der Waals surface area contributed by atoms with Crippen LogP contribution in [0.5, 0.6) is 0 Å². The number of carbonyl (C=O) groups is 2. The number of thioether (sulfide) groups is 1. The standard InChI is InChI=1S/C21H24N2O3S/c24-14-17-7-5-6-16(12-17)13-22-21(26)18-8-1-2-9-19(18)27-15-20(25)23-10-3-4-11-23/h1-2,5-9,12,24H,3-4,10-11,13-15H2,(H,22,26). The summed E-state index contributed by atoms with van der Waals surface area (Å²) in [6.45, 7) is 2.05. The van der Waals surface area contributed by atoms with Crippen molar-refractivity contribution in [1.29, 1.82) is 0 Å². The third-order valence-electron chi connectivity index (χ3n) is 4.57. The number of benzene rings is 2. The molecular weight excluding hydrogens is 360 g/mol. The van der Waals surface area contributed by atoms with Crippen LogP contribution in [0.25, 0.3) is 0 Å². The van der Waals surface area contributed by atoms with Gasteiger partial charge in [-0.05, 0) is 36.1 Å². The summed E-state index contributed by atoms with van der Waals surface area (Å²) in [4.78, 5) is 27.6. The Morgan fingerprint density at radius 1 is 1.04 bits per heavy atom. The first-order chi connectivity index (χ1) is 13.2. The maximum absolute atomic E-state index is 12.6. The molecule has 6 heteroatoms. The lowest BCUT2D eigenvalue weighted by atomic mass is 10.1. The van der Waals surface area contributed by atoms with Crippen molar-refractivity contribution in [2.24, 2.45) is 0 Å². The molecule has 27 heavy (non-hydrogen) atoms. The first-order valence-corrected chi connectivity index (χ1v) is 10.1. The van der Waals surface area contributed by atoms with E-state index >= 15 is 0 Å². The quantitative estimate of drug-likeness (QED) is 0.720. The summed E-state index contributed by atoms with van der Waals surface area (Å²) in [6.07, 6.45) is 2.15. The van der Waals surface area contributed by atoms with E-state index in [9.17, 15) is 14.7 Å². The predicted octanol–water partition coefficient (Wildman–Crippen LogP) is 2.82. The number of hydrogen-bond donors (Lipinski definition) is 2. The molecule has 0 saturated carbocycles. The number of likely N-dealkylation sites (tertiary alicyclic amines) is 1. The number of nitrogens with one attached hydrogen (secondary N) is 1. The van der Waals surface area contributed by atoms with Crippen LogP contribution in [0.2, 0.25) is 0 Å². The lowest BCUT2D eigenvalue weighted by molar-refractivity contribution is -0.127. The van der Waals surface area contributed by atoms with Crippen molar-refractivity contribution in [1.82, 2.24) is 10.2 Å². The van der Waals surface area contributed by atoms with Gasteiger partial charge in [-0.2, -0.15) is 0 Å². The Balaban J connectivity index is 1.60. The molecule has 1 heterocycles. The van der Waals surface area contributed by atoms with Crippen LogP contribution >= 0.6 is 11.8 Å². The van der Waals surface area contributed by atoms with Gasteiger partial charge in [0.1, 0.15) is 0 Å². The molecule has 1 aliphatic rings. The Morgan fingerprint density at radius 3 is 2.56 bits per heavy atom. The molecule has 0 unspecified atom stereocenters. The summed E-state index contributed by atoms with van der Waals surface area (Å²) in [6, 6.07) is 14.9. The van der Waals surface area contributed by atoms with Crippen molar-refractivity contribution >= 4 is 23.6 Å². The highest BCUT2D eigenvalue weighted by Crippen LogP contribution is 2.24. The van der Waals surface area contributed by atoms with Crippen molar-refractivity contribution in [2.45, 2.75) is 30.9 Å². The fourth-order valence-corrected chi connectivity index (χ4v) is 4.05. The zero-order chi connectivity index (χ0) is 19.1. The fourth-order valence-electron chi connectivity index (χ4n) is 3.09. The van der Waals surface area contributed by atoms with Crippen molar-refractivity contribution in [3.05, 3.63) is 65.2 Å². The third kappa shape index (κ3) is 5.34. The van der Waals surface area contributed by atoms with E-state index in [-0.39, 0.29) is 18.4 Å². The second kappa shape index (κ2) is 9.58. The molecule has 0 aliphatic carbocycles. The SMILES string of the molecule is O=C(NCc1cccc(CO)c1)c1ccccc1SCC(=O)N1CCCC1. The predicted molar refractivity (Wildman–Crippen MR) is 107 cm³/mol. The molecule has 0 aromatic heterocycles. The van der Waals surface area contributed by atoms with Gasteiger partial charge in [-0.15, -0.1) is 11.8 Å². The summed E-state index contributed by atoms with van der Waals surface area (Å²) in [5.41, 5.74) is 2.33. The first kappa shape index (κ1) is 19.5. The molecule has 5 nitrogen and oxygen atoms in total. The van der Waals surface area contributed by atoms with E-state index in [0.717, 1.165) is 42.0 Å². The minimum absolute atomic E-state index is 0.0215. The van der Waals surface area contributed by atoms with Crippen LogP contribution < -0.4 is 5.32 Å². The highest BCUT2D eigenvalue weighted by Gasteiger charge is 2.19. The van der Waals surface area contributed by atoms with E-state index in [4.69, 9.17) is 0 Å². The third-order valence-corrected chi connectivity index (χ3v) is 5.63. The molecule has 0 bridgehead atoms. The number of amides is 2. The number of carbonyl (C=O) groups excluding carboxylic acids is 2. The second-order valence-corrected chi connectivity index (χ2v) is 7.55. The highest BCUT2D eigenvalue weighted by molar-refractivity contribution is 8.00. The van der Waals surface area contributed by atoms with Crippen LogP contribution in [-0.4, -0.2) is 40.7 Å². The topological polar surface area (TPSA) is 69.6 Å². The molecule has 0 radical (unpaired) electrons. The molecule has 1 aliphatic heterocycles. The van der Waals surface area contributed by atoms with Crippen molar-refractivity contribution < 1.29 is 14.7 Å². The van der Waals surface area contributed by atoms with Gasteiger partial charge in [0.05, 0.1) is 17.9 Å². The lowest BCUT2D eigenvalue weighted by Crippen LogP contribution is -2.29. The lowest BCUT2D eigenvalue weighted by Gasteiger charge is -2.15. The van der Waals surface area contributed by atoms with E-state index in [1.54, 1.807) is 6.07 Å². The number of rotatable bonds is 7. The molecule has 2 aromatic carbocycles. The Kier molecular flexibility index (Phi) is 6.90. The van der Waals surface area contributed by atoms with Crippen LogP contribution in [0.4, 0.5) is 0 Å². The first-order valence-electron chi connectivity index (χ1n) is 9.14. The maximum Gasteiger partial charge on any atom is 0.252 e. The molecule has 3 rings (SSSR count). The van der Waals surface area contributed by atoms with E-state index < -0.39 is 0 Å². The molecule has 2 aromatic rings. The second-order valence-electron chi connectivity index (χ2n) is 6.53. The van der Waals surface area contributed by atoms with Gasteiger partial charge >= 0.3 is 0 Å². The molecular formula is C21H24N2O3S. The molecule has 142 valence electrons. The molecule has 2 N–H and O–H groups in total. The number of hydrogen-bond acceptors (Lipinski definition) is 4. The minimum Gasteiger partial charge on any atom is -0.392 e. The van der Waals surface area contributed by atoms with Crippen molar-refractivity contribution in [3.63, 3.8) is 0 Å². The molecule has 2 amide bonds. The van der Waals surface area contributed by atoms with E-state index in [0.29, 0.717) is 17.9 Å². The van der Waals surface area contributed by atoms with Crippen LogP contribution in [0, 0.1) is 0 Å². The van der Waals surface area contributed by atoms with Gasteiger partial charge in [0.15, 0.2) is 0 Å². The molecule has 0 spiro atoms. The summed E-state index contributed by atoms with van der Waals surface area (Å²) >= 11 is 1.41. The van der Waals surface area contributed by atoms with Gasteiger partial charge in [-0.1, -0.05) is 36.4 Å². The molecule has 1 fully saturated rings. The average molecular weight is 385 g/mol. The van der Waals surface area contributed by atoms with Crippen LogP contribution in [0.1, 0.15) is 34.3 Å². The Hall–Kier alpha value is -2.31. The summed E-state index contributed by atoms with van der Waals surface area (Å²) in [7, 11) is 0. The van der Waals surface area contributed by atoms with Gasteiger partial charge in [0.2, 0.25) is 5.91 Å². The van der Waals surface area contributed by atoms with Gasteiger partial charge in [-0.25, -0.2) is 0 Å². The van der Waals surface area contributed by atoms with Gasteiger partial charge in [0.25, 0.3) is 5.91 Å². The smallest absolute Gasteiger partial charge is 0.252 e. The fraction of sp³-hybridized carbons (Fsp3) is 0.333. The van der Waals surface area contributed by atoms with Crippen LogP contribution in [0.15, 0.2) is 53.4 Å². The molecule has 0 atom stereocenters. The van der Waals surface area contributed by atoms with Gasteiger partial charge in [-0.3, -0.25) is 9.59 Å². The highest BCUT2D eigenvalue weighted by atomic mass is 32.2. The normalized spacial score (nSPS) is 13.6. The Bertz CT molecular complexity index is 804. The average Bonchev–Trinajstić information content (AvgIpc) is 3.25. The van der Waals surface area contributed by atoms with E-state index in [1.807, 2.05) is 47.4 Å². The number of nitrogens with zero attached hydrogens (tertiary/aromatic N) is 1. The zero-order valence-corrected chi connectivity index (χ0v) is 16.0. The van der Waals surface area contributed by atoms with Crippen molar-refractivity contribution in [2.75, 3.05) is 18.8 Å². The van der Waals surface area contributed by atoms with Gasteiger partial charge < -0.3 is 15.3 Å². The Labute approximate surface area is 163 Å². The maximum atomic E-state index is 12.6. The van der Waals surface area contributed by atoms with Crippen molar-refractivity contribution in [3.8, 4) is 0 Å². The van der Waals surface area contributed by atoms with Gasteiger partial charge in [0, 0.05) is 24.5 Å². The van der Waals surface area contributed by atoms with E-state index in [1.165, 1.54) is 11.8 Å². The van der Waals surface area contributed by atoms with Crippen LogP contribution in [0.3, 0.4) is 0 Å².